The zero-order chi connectivity index (χ0) is 14.2. The van der Waals surface area contributed by atoms with Gasteiger partial charge in [0, 0.05) is 19.0 Å². The Bertz CT molecular complexity index is 377. The van der Waals surface area contributed by atoms with E-state index in [9.17, 15) is 14.7 Å². The van der Waals surface area contributed by atoms with Crippen LogP contribution in [0.3, 0.4) is 0 Å². The summed E-state index contributed by atoms with van der Waals surface area (Å²) in [5, 5.41) is 12.6. The number of nitrogens with one attached hydrogen (secondary N) is 1. The highest BCUT2D eigenvalue weighted by molar-refractivity contribution is 5.81. The van der Waals surface area contributed by atoms with Gasteiger partial charge in [-0.2, -0.15) is 0 Å². The molecule has 108 valence electrons. The number of carboxylic acids is 1. The lowest BCUT2D eigenvalue weighted by Gasteiger charge is -2.45. The Morgan fingerprint density at radius 1 is 1.32 bits per heavy atom. The molecule has 2 aliphatic heterocycles. The number of nitrogens with zero attached hydrogens (tertiary/aromatic N) is 1. The molecule has 0 radical (unpaired) electrons. The first-order valence-corrected chi connectivity index (χ1v) is 6.71. The van der Waals surface area contributed by atoms with E-state index in [4.69, 9.17) is 4.74 Å². The van der Waals surface area contributed by atoms with Crippen molar-refractivity contribution in [2.45, 2.75) is 38.8 Å². The van der Waals surface area contributed by atoms with Crippen LogP contribution in [0.4, 0.5) is 4.79 Å². The Hall–Kier alpha value is -1.30. The summed E-state index contributed by atoms with van der Waals surface area (Å²) in [6.45, 7) is 7.29. The van der Waals surface area contributed by atoms with E-state index in [1.165, 1.54) is 4.90 Å². The van der Waals surface area contributed by atoms with Crippen molar-refractivity contribution in [3.8, 4) is 0 Å². The third-order valence-corrected chi connectivity index (χ3v) is 3.59. The van der Waals surface area contributed by atoms with Gasteiger partial charge >= 0.3 is 12.1 Å². The van der Waals surface area contributed by atoms with Gasteiger partial charge < -0.3 is 15.2 Å². The standard InChI is InChI=1S/C13H22N2O4/c1-13(2,3)19-12(18)15-7-8-4-9(6-14-5-8)10(15)11(16)17/h8-10,14H,4-7H2,1-3H3,(H,16,17). The predicted molar refractivity (Wildman–Crippen MR) is 68.8 cm³/mol. The molecule has 0 aromatic heterocycles. The van der Waals surface area contributed by atoms with E-state index in [0.29, 0.717) is 19.0 Å². The highest BCUT2D eigenvalue weighted by atomic mass is 16.6. The van der Waals surface area contributed by atoms with Crippen molar-refractivity contribution in [2.24, 2.45) is 11.8 Å². The number of likely N-dealkylation sites (tertiary alicyclic amines) is 1. The second-order valence-electron chi connectivity index (χ2n) is 6.44. The van der Waals surface area contributed by atoms with Gasteiger partial charge in [-0.1, -0.05) is 0 Å². The molecule has 2 bridgehead atoms. The number of piperidine rings is 2. The number of carboxylic acid groups (broad SMARTS) is 1. The lowest BCUT2D eigenvalue weighted by Crippen LogP contribution is -2.61. The lowest BCUT2D eigenvalue weighted by molar-refractivity contribution is -0.148. The maximum Gasteiger partial charge on any atom is 0.411 e. The second-order valence-corrected chi connectivity index (χ2v) is 6.44. The average molecular weight is 270 g/mol. The molecular weight excluding hydrogens is 248 g/mol. The molecule has 0 aliphatic carbocycles. The van der Waals surface area contributed by atoms with Crippen LogP contribution in [0.2, 0.25) is 0 Å². The van der Waals surface area contributed by atoms with Crippen molar-refractivity contribution in [1.82, 2.24) is 10.2 Å². The molecule has 1 amide bonds. The quantitative estimate of drug-likeness (QED) is 0.740. The van der Waals surface area contributed by atoms with Crippen LogP contribution in [-0.2, 0) is 9.53 Å². The molecule has 0 saturated carbocycles. The van der Waals surface area contributed by atoms with E-state index in [-0.39, 0.29) is 5.92 Å². The summed E-state index contributed by atoms with van der Waals surface area (Å²) in [7, 11) is 0. The zero-order valence-corrected chi connectivity index (χ0v) is 11.7. The van der Waals surface area contributed by atoms with Gasteiger partial charge in [-0.15, -0.1) is 0 Å². The molecule has 2 aliphatic rings. The first-order chi connectivity index (χ1) is 8.78. The number of carbonyl (C=O) groups excluding carboxylic acids is 1. The van der Waals surface area contributed by atoms with Crippen LogP contribution in [-0.4, -0.2) is 53.3 Å². The number of ether oxygens (including phenoxy) is 1. The largest absolute Gasteiger partial charge is 0.480 e. The predicted octanol–water partition coefficient (Wildman–Crippen LogP) is 0.916. The van der Waals surface area contributed by atoms with Gasteiger partial charge in [0.25, 0.3) is 0 Å². The van der Waals surface area contributed by atoms with Crippen LogP contribution in [0.15, 0.2) is 0 Å². The summed E-state index contributed by atoms with van der Waals surface area (Å²) in [5.41, 5.74) is -0.606. The van der Waals surface area contributed by atoms with Gasteiger partial charge in [-0.3, -0.25) is 4.90 Å². The fourth-order valence-electron chi connectivity index (χ4n) is 2.94. The summed E-state index contributed by atoms with van der Waals surface area (Å²) >= 11 is 0. The third-order valence-electron chi connectivity index (χ3n) is 3.59. The van der Waals surface area contributed by atoms with E-state index in [1.54, 1.807) is 20.8 Å². The second kappa shape index (κ2) is 5.00. The Morgan fingerprint density at radius 3 is 2.58 bits per heavy atom. The summed E-state index contributed by atoms with van der Waals surface area (Å²) in [5.74, 6) is -0.655. The van der Waals surface area contributed by atoms with Gasteiger partial charge in [0.1, 0.15) is 11.6 Å². The minimum Gasteiger partial charge on any atom is -0.480 e. The van der Waals surface area contributed by atoms with Crippen LogP contribution in [0.1, 0.15) is 27.2 Å². The van der Waals surface area contributed by atoms with E-state index in [1.807, 2.05) is 0 Å². The molecule has 2 rings (SSSR count). The molecule has 2 fully saturated rings. The fraction of sp³-hybridized carbons (Fsp3) is 0.846. The Kier molecular flexibility index (Phi) is 3.71. The lowest BCUT2D eigenvalue weighted by atomic mass is 9.80. The minimum atomic E-state index is -0.946. The van der Waals surface area contributed by atoms with Gasteiger partial charge in [0.15, 0.2) is 0 Å². The molecular formula is C13H22N2O4. The normalized spacial score (nSPS) is 30.9. The smallest absolute Gasteiger partial charge is 0.411 e. The van der Waals surface area contributed by atoms with Crippen LogP contribution < -0.4 is 5.32 Å². The van der Waals surface area contributed by atoms with E-state index >= 15 is 0 Å². The Labute approximate surface area is 113 Å². The van der Waals surface area contributed by atoms with Crippen LogP contribution in [0.5, 0.6) is 0 Å². The number of amides is 1. The number of fused-ring (bicyclic) bond motifs is 2. The topological polar surface area (TPSA) is 78.9 Å². The molecule has 2 saturated heterocycles. The molecule has 6 heteroatoms. The Balaban J connectivity index is 2.16. The number of hydrogen-bond acceptors (Lipinski definition) is 4. The number of carbonyl (C=O) groups is 2. The number of rotatable bonds is 1. The van der Waals surface area contributed by atoms with Crippen molar-refractivity contribution in [1.29, 1.82) is 0 Å². The maximum atomic E-state index is 12.2. The molecule has 6 nitrogen and oxygen atoms in total. The van der Waals surface area contributed by atoms with Gasteiger partial charge in [0.05, 0.1) is 0 Å². The van der Waals surface area contributed by atoms with Crippen molar-refractivity contribution >= 4 is 12.1 Å². The molecule has 3 atom stereocenters. The molecule has 0 spiro atoms. The summed E-state index contributed by atoms with van der Waals surface area (Å²) in [6, 6.07) is -0.779. The molecule has 3 unspecified atom stereocenters. The average Bonchev–Trinajstić information content (AvgIpc) is 2.25. The molecule has 19 heavy (non-hydrogen) atoms. The minimum absolute atomic E-state index is 0.0301. The van der Waals surface area contributed by atoms with Crippen LogP contribution >= 0.6 is 0 Å². The maximum absolute atomic E-state index is 12.2. The zero-order valence-electron chi connectivity index (χ0n) is 11.7. The third kappa shape index (κ3) is 3.18. The van der Waals surface area contributed by atoms with Crippen LogP contribution in [0, 0.1) is 11.8 Å². The Morgan fingerprint density at radius 2 is 2.00 bits per heavy atom. The van der Waals surface area contributed by atoms with Crippen molar-refractivity contribution < 1.29 is 19.4 Å². The van der Waals surface area contributed by atoms with Gasteiger partial charge in [0.2, 0.25) is 0 Å². The van der Waals surface area contributed by atoms with Crippen molar-refractivity contribution in [3.63, 3.8) is 0 Å². The molecule has 0 aromatic rings. The summed E-state index contributed by atoms with van der Waals surface area (Å²) < 4.78 is 5.33. The highest BCUT2D eigenvalue weighted by Crippen LogP contribution is 2.31. The first-order valence-electron chi connectivity index (χ1n) is 6.71. The summed E-state index contributed by atoms with van der Waals surface area (Å²) in [4.78, 5) is 25.0. The summed E-state index contributed by atoms with van der Waals surface area (Å²) in [6.07, 6.45) is 0.347. The molecule has 2 heterocycles. The fourth-order valence-corrected chi connectivity index (χ4v) is 2.94. The van der Waals surface area contributed by atoms with Crippen molar-refractivity contribution in [3.05, 3.63) is 0 Å². The number of aliphatic carboxylic acids is 1. The monoisotopic (exact) mass is 270 g/mol. The number of hydrogen-bond donors (Lipinski definition) is 2. The highest BCUT2D eigenvalue weighted by Gasteiger charge is 2.45. The van der Waals surface area contributed by atoms with Crippen LogP contribution in [0.25, 0.3) is 0 Å². The van der Waals surface area contributed by atoms with E-state index in [2.05, 4.69) is 5.32 Å². The van der Waals surface area contributed by atoms with Gasteiger partial charge in [-0.05, 0) is 39.7 Å². The molecule has 2 N–H and O–H groups in total. The molecule has 0 aromatic carbocycles. The van der Waals surface area contributed by atoms with E-state index < -0.39 is 23.7 Å². The first kappa shape index (κ1) is 14.1. The van der Waals surface area contributed by atoms with Gasteiger partial charge in [-0.25, -0.2) is 9.59 Å². The SMILES string of the molecule is CC(C)(C)OC(=O)N1CC2CNCC(C2)C1C(=O)O. The van der Waals surface area contributed by atoms with E-state index in [0.717, 1.165) is 13.0 Å². The van der Waals surface area contributed by atoms with Crippen molar-refractivity contribution in [2.75, 3.05) is 19.6 Å².